The van der Waals surface area contributed by atoms with E-state index in [0.717, 1.165) is 17.7 Å². The van der Waals surface area contributed by atoms with Crippen molar-refractivity contribution in [3.63, 3.8) is 0 Å². The number of alkyl halides is 2. The number of fused-ring (bicyclic) bond motifs is 2. The Bertz CT molecular complexity index is 629. The lowest BCUT2D eigenvalue weighted by Crippen LogP contribution is -2.52. The van der Waals surface area contributed by atoms with E-state index in [9.17, 15) is 13.9 Å². The Kier molecular flexibility index (Phi) is 6.42. The van der Waals surface area contributed by atoms with Crippen molar-refractivity contribution in [1.82, 2.24) is 9.62 Å². The average molecular weight is 415 g/mol. The van der Waals surface area contributed by atoms with Crippen molar-refractivity contribution in [2.75, 3.05) is 19.8 Å². The van der Waals surface area contributed by atoms with Crippen LogP contribution in [0.2, 0.25) is 0 Å². The molecule has 0 saturated carbocycles. The minimum Gasteiger partial charge on any atom is -0.435 e. The van der Waals surface area contributed by atoms with Crippen LogP contribution in [0.15, 0.2) is 29.2 Å². The lowest BCUT2D eigenvalue weighted by Gasteiger charge is -2.40. The van der Waals surface area contributed by atoms with Gasteiger partial charge >= 0.3 is 6.61 Å². The molecule has 0 spiro atoms. The van der Waals surface area contributed by atoms with Crippen LogP contribution < -0.4 is 10.1 Å². The summed E-state index contributed by atoms with van der Waals surface area (Å²) < 4.78 is 36.8. The first-order valence-corrected chi connectivity index (χ1v) is 10.8. The molecule has 1 aromatic rings. The SMILES string of the molecule is OC1(CNC2C[C@H]3CC[C@@H](C2)N3Sc2ccc(OC(F)F)cc2)CCOCC1. The molecule has 0 amide bonds. The van der Waals surface area contributed by atoms with Crippen LogP contribution in [0, 0.1) is 0 Å². The molecule has 3 aliphatic heterocycles. The van der Waals surface area contributed by atoms with Crippen molar-refractivity contribution in [3.8, 4) is 5.75 Å². The summed E-state index contributed by atoms with van der Waals surface area (Å²) >= 11 is 1.71. The van der Waals surface area contributed by atoms with Crippen molar-refractivity contribution in [2.24, 2.45) is 0 Å². The summed E-state index contributed by atoms with van der Waals surface area (Å²) in [5, 5.41) is 14.3. The smallest absolute Gasteiger partial charge is 0.387 e. The Labute approximate surface area is 168 Å². The number of piperidine rings is 1. The van der Waals surface area contributed by atoms with Gasteiger partial charge in [0.2, 0.25) is 0 Å². The summed E-state index contributed by atoms with van der Waals surface area (Å²) in [6.45, 7) is -0.876. The zero-order valence-corrected chi connectivity index (χ0v) is 16.7. The molecular formula is C20H28F2N2O3S. The zero-order chi connectivity index (χ0) is 19.6. The van der Waals surface area contributed by atoms with Gasteiger partial charge in [-0.05, 0) is 61.9 Å². The van der Waals surface area contributed by atoms with Crippen LogP contribution in [-0.4, -0.2) is 59.5 Å². The Morgan fingerprint density at radius 1 is 1.18 bits per heavy atom. The maximum absolute atomic E-state index is 12.3. The second-order valence-corrected chi connectivity index (χ2v) is 9.15. The number of hydrogen-bond donors (Lipinski definition) is 2. The summed E-state index contributed by atoms with van der Waals surface area (Å²) in [6.07, 6.45) is 5.91. The highest BCUT2D eigenvalue weighted by atomic mass is 32.2. The number of rotatable bonds is 7. The molecule has 3 aliphatic rings. The van der Waals surface area contributed by atoms with E-state index in [2.05, 4.69) is 14.4 Å². The highest BCUT2D eigenvalue weighted by Gasteiger charge is 2.42. The first-order chi connectivity index (χ1) is 13.5. The van der Waals surface area contributed by atoms with Crippen LogP contribution in [0.25, 0.3) is 0 Å². The van der Waals surface area contributed by atoms with Crippen LogP contribution >= 0.6 is 11.9 Å². The molecule has 3 atom stereocenters. The maximum Gasteiger partial charge on any atom is 0.387 e. The molecule has 2 bridgehead atoms. The number of benzene rings is 1. The molecule has 3 saturated heterocycles. The van der Waals surface area contributed by atoms with Gasteiger partial charge in [0.05, 0.1) is 5.60 Å². The third kappa shape index (κ3) is 4.97. The van der Waals surface area contributed by atoms with Crippen molar-refractivity contribution < 1.29 is 23.4 Å². The van der Waals surface area contributed by atoms with Crippen LogP contribution in [-0.2, 0) is 4.74 Å². The molecule has 5 nitrogen and oxygen atoms in total. The van der Waals surface area contributed by atoms with Crippen molar-refractivity contribution >= 4 is 11.9 Å². The predicted molar refractivity (Wildman–Crippen MR) is 104 cm³/mol. The van der Waals surface area contributed by atoms with E-state index in [1.165, 1.54) is 12.8 Å². The molecule has 8 heteroatoms. The van der Waals surface area contributed by atoms with Gasteiger partial charge in [-0.3, -0.25) is 0 Å². The minimum absolute atomic E-state index is 0.191. The van der Waals surface area contributed by atoms with Gasteiger partial charge in [0.25, 0.3) is 0 Å². The molecule has 1 aromatic carbocycles. The normalized spacial score (nSPS) is 29.9. The predicted octanol–water partition coefficient (Wildman–Crippen LogP) is 3.42. The van der Waals surface area contributed by atoms with E-state index in [4.69, 9.17) is 4.74 Å². The van der Waals surface area contributed by atoms with Gasteiger partial charge in [0.15, 0.2) is 0 Å². The number of aliphatic hydroxyl groups is 1. The highest BCUT2D eigenvalue weighted by Crippen LogP contribution is 2.43. The van der Waals surface area contributed by atoms with E-state index >= 15 is 0 Å². The lowest BCUT2D eigenvalue weighted by molar-refractivity contribution is -0.0636. The summed E-state index contributed by atoms with van der Waals surface area (Å²) in [7, 11) is 0. The molecule has 28 heavy (non-hydrogen) atoms. The van der Waals surface area contributed by atoms with E-state index in [0.29, 0.717) is 50.7 Å². The van der Waals surface area contributed by atoms with E-state index in [1.54, 1.807) is 24.1 Å². The van der Waals surface area contributed by atoms with Gasteiger partial charge in [-0.15, -0.1) is 0 Å². The first-order valence-electron chi connectivity index (χ1n) is 10.1. The van der Waals surface area contributed by atoms with Gasteiger partial charge in [0.1, 0.15) is 5.75 Å². The fraction of sp³-hybridized carbons (Fsp3) is 0.700. The van der Waals surface area contributed by atoms with Crippen LogP contribution in [0.1, 0.15) is 38.5 Å². The molecule has 4 rings (SSSR count). The monoisotopic (exact) mass is 414 g/mol. The van der Waals surface area contributed by atoms with Crippen molar-refractivity contribution in [2.45, 2.75) is 73.8 Å². The molecule has 0 aliphatic carbocycles. The summed E-state index contributed by atoms with van der Waals surface area (Å²) in [5.41, 5.74) is -0.634. The van der Waals surface area contributed by atoms with E-state index < -0.39 is 12.2 Å². The van der Waals surface area contributed by atoms with E-state index in [1.807, 2.05) is 12.1 Å². The van der Waals surface area contributed by atoms with Gasteiger partial charge in [-0.1, -0.05) is 0 Å². The zero-order valence-electron chi connectivity index (χ0n) is 15.9. The molecule has 0 radical (unpaired) electrons. The second-order valence-electron chi connectivity index (χ2n) is 8.07. The van der Waals surface area contributed by atoms with Crippen LogP contribution in [0.3, 0.4) is 0 Å². The van der Waals surface area contributed by atoms with Gasteiger partial charge in [-0.2, -0.15) is 8.78 Å². The molecule has 3 fully saturated rings. The Balaban J connectivity index is 1.29. The third-order valence-electron chi connectivity index (χ3n) is 6.07. The van der Waals surface area contributed by atoms with Crippen LogP contribution in [0.5, 0.6) is 5.75 Å². The molecule has 2 N–H and O–H groups in total. The Hall–Kier alpha value is -0.930. The van der Waals surface area contributed by atoms with Gasteiger partial charge < -0.3 is 19.9 Å². The fourth-order valence-corrected chi connectivity index (χ4v) is 5.70. The minimum atomic E-state index is -2.79. The maximum atomic E-state index is 12.3. The molecule has 1 unspecified atom stereocenters. The standard InChI is InChI=1S/C20H28F2N2O3S/c21-19(22)27-17-3-5-18(6-4-17)28-24-15-1-2-16(24)12-14(11-15)23-13-20(25)7-9-26-10-8-20/h3-6,14-16,19,23,25H,1-2,7-13H2/t14?,15-,16+. The number of hydrogen-bond acceptors (Lipinski definition) is 6. The topological polar surface area (TPSA) is 54.0 Å². The molecule has 0 aromatic heterocycles. The number of nitrogens with zero attached hydrogens (tertiary/aromatic N) is 1. The largest absolute Gasteiger partial charge is 0.435 e. The van der Waals surface area contributed by atoms with Gasteiger partial charge in [0, 0.05) is 55.6 Å². The van der Waals surface area contributed by atoms with Crippen molar-refractivity contribution in [1.29, 1.82) is 0 Å². The Morgan fingerprint density at radius 2 is 1.82 bits per heavy atom. The Morgan fingerprint density at radius 3 is 2.43 bits per heavy atom. The number of ether oxygens (including phenoxy) is 2. The second kappa shape index (κ2) is 8.83. The number of nitrogens with one attached hydrogen (secondary N) is 1. The molecular weight excluding hydrogens is 386 g/mol. The number of halogens is 2. The summed E-state index contributed by atoms with van der Waals surface area (Å²) in [5.74, 6) is 0.191. The average Bonchev–Trinajstić information content (AvgIpc) is 2.90. The van der Waals surface area contributed by atoms with Crippen molar-refractivity contribution in [3.05, 3.63) is 24.3 Å². The molecule has 3 heterocycles. The summed E-state index contributed by atoms with van der Waals surface area (Å²) in [4.78, 5) is 1.04. The van der Waals surface area contributed by atoms with Crippen LogP contribution in [0.4, 0.5) is 8.78 Å². The van der Waals surface area contributed by atoms with Gasteiger partial charge in [-0.25, -0.2) is 4.31 Å². The van der Waals surface area contributed by atoms with E-state index in [-0.39, 0.29) is 5.75 Å². The third-order valence-corrected chi connectivity index (χ3v) is 7.36. The first kappa shape index (κ1) is 20.3. The summed E-state index contributed by atoms with van der Waals surface area (Å²) in [6, 6.07) is 8.31. The lowest BCUT2D eigenvalue weighted by atomic mass is 9.92. The highest BCUT2D eigenvalue weighted by molar-refractivity contribution is 7.97. The quantitative estimate of drug-likeness (QED) is 0.667. The fourth-order valence-electron chi connectivity index (χ4n) is 4.52. The molecule has 156 valence electrons.